The van der Waals surface area contributed by atoms with Crippen LogP contribution in [0.25, 0.3) is 0 Å². The number of carbonyl (C=O) groups is 2. The van der Waals surface area contributed by atoms with E-state index in [-0.39, 0.29) is 5.75 Å². The smallest absolute Gasteiger partial charge is 0.336 e. The van der Waals surface area contributed by atoms with Crippen LogP contribution in [-0.2, 0) is 24.4 Å². The van der Waals surface area contributed by atoms with Gasteiger partial charge in [0.15, 0.2) is 5.75 Å². The molecule has 7 nitrogen and oxygen atoms in total. The van der Waals surface area contributed by atoms with Crippen molar-refractivity contribution in [2.75, 3.05) is 12.4 Å². The molecular formula is C12H8Br3O7S-. The minimum absolute atomic E-state index is 0.216. The highest BCUT2D eigenvalue weighted by molar-refractivity contribution is 9.11. The van der Waals surface area contributed by atoms with Gasteiger partial charge < -0.3 is 14.0 Å². The summed E-state index contributed by atoms with van der Waals surface area (Å²) in [5.41, 5.74) is 0. The quantitative estimate of drug-likeness (QED) is 0.238. The summed E-state index contributed by atoms with van der Waals surface area (Å²) in [6.07, 6.45) is 1.58. The lowest BCUT2D eigenvalue weighted by atomic mass is 10.3. The fraction of sp³-hybridized carbons (Fsp3) is 0.167. The zero-order valence-corrected chi connectivity index (χ0v) is 16.7. The van der Waals surface area contributed by atoms with Crippen molar-refractivity contribution in [1.82, 2.24) is 0 Å². The number of esters is 2. The first kappa shape index (κ1) is 20.3. The van der Waals surface area contributed by atoms with Crippen LogP contribution in [-0.4, -0.2) is 37.3 Å². The van der Waals surface area contributed by atoms with Crippen molar-refractivity contribution in [2.45, 2.75) is 0 Å². The molecule has 0 aliphatic heterocycles. The molecule has 0 amide bonds. The van der Waals surface area contributed by atoms with Crippen molar-refractivity contribution in [3.05, 3.63) is 37.7 Å². The van der Waals surface area contributed by atoms with Crippen LogP contribution >= 0.6 is 47.8 Å². The molecule has 0 atom stereocenters. The van der Waals surface area contributed by atoms with E-state index in [1.54, 1.807) is 12.1 Å². The molecule has 0 aliphatic carbocycles. The van der Waals surface area contributed by atoms with Gasteiger partial charge in [-0.05, 0) is 44.0 Å². The van der Waals surface area contributed by atoms with E-state index in [0.29, 0.717) is 8.95 Å². The number of rotatable bonds is 6. The Bertz CT molecular complexity index is 720. The first-order valence-corrected chi connectivity index (χ1v) is 9.69. The van der Waals surface area contributed by atoms with E-state index in [0.717, 1.165) is 16.6 Å². The van der Waals surface area contributed by atoms with Gasteiger partial charge in [0, 0.05) is 16.6 Å². The van der Waals surface area contributed by atoms with Gasteiger partial charge in [-0.3, -0.25) is 0 Å². The van der Waals surface area contributed by atoms with Crippen LogP contribution in [0, 0.1) is 0 Å². The molecule has 11 heteroatoms. The Kier molecular flexibility index (Phi) is 7.87. The standard InChI is InChI=1S/C12H9Br3O7S/c13-7-5-8(14)12(9(15)6-7)22-11(17)2-1-10(16)21-3-4-23(18,19)20/h1-2,5-6H,3-4H2,(H,18,19,20)/p-1/b2-1-. The van der Waals surface area contributed by atoms with E-state index in [9.17, 15) is 22.6 Å². The Labute approximate surface area is 157 Å². The topological polar surface area (TPSA) is 110 Å². The monoisotopic (exact) mass is 533 g/mol. The Balaban J connectivity index is 2.58. The van der Waals surface area contributed by atoms with Gasteiger partial charge in [-0.1, -0.05) is 15.9 Å². The molecular weight excluding hydrogens is 528 g/mol. The van der Waals surface area contributed by atoms with Gasteiger partial charge in [-0.25, -0.2) is 18.0 Å². The molecule has 0 unspecified atom stereocenters. The van der Waals surface area contributed by atoms with E-state index in [1.165, 1.54) is 0 Å². The summed E-state index contributed by atoms with van der Waals surface area (Å²) in [7, 11) is -4.46. The number of hydrogen-bond acceptors (Lipinski definition) is 7. The molecule has 0 fully saturated rings. The van der Waals surface area contributed by atoms with Crippen molar-refractivity contribution in [3.63, 3.8) is 0 Å². The molecule has 23 heavy (non-hydrogen) atoms. The van der Waals surface area contributed by atoms with Gasteiger partial charge in [-0.15, -0.1) is 0 Å². The van der Waals surface area contributed by atoms with Crippen LogP contribution in [0.2, 0.25) is 0 Å². The van der Waals surface area contributed by atoms with E-state index in [4.69, 9.17) is 4.74 Å². The number of ether oxygens (including phenoxy) is 2. The molecule has 0 saturated heterocycles. The number of hydrogen-bond donors (Lipinski definition) is 0. The van der Waals surface area contributed by atoms with Gasteiger partial charge in [0.1, 0.15) is 6.61 Å². The molecule has 0 N–H and O–H groups in total. The molecule has 126 valence electrons. The van der Waals surface area contributed by atoms with Gasteiger partial charge in [-0.2, -0.15) is 0 Å². The van der Waals surface area contributed by atoms with E-state index in [2.05, 4.69) is 52.5 Å². The zero-order chi connectivity index (χ0) is 17.6. The predicted octanol–water partition coefficient (Wildman–Crippen LogP) is 2.52. The maximum atomic E-state index is 11.6. The summed E-state index contributed by atoms with van der Waals surface area (Å²) in [6.45, 7) is -0.589. The van der Waals surface area contributed by atoms with Crippen LogP contribution in [0.3, 0.4) is 0 Å². The highest BCUT2D eigenvalue weighted by Crippen LogP contribution is 2.36. The van der Waals surface area contributed by atoms with Crippen molar-refractivity contribution in [1.29, 1.82) is 0 Å². The fourth-order valence-corrected chi connectivity index (χ4v) is 3.90. The zero-order valence-electron chi connectivity index (χ0n) is 11.1. The van der Waals surface area contributed by atoms with Crippen molar-refractivity contribution in [2.24, 2.45) is 0 Å². The predicted molar refractivity (Wildman–Crippen MR) is 89.8 cm³/mol. The van der Waals surface area contributed by atoms with Crippen LogP contribution in [0.4, 0.5) is 0 Å². The molecule has 0 radical (unpaired) electrons. The van der Waals surface area contributed by atoms with Crippen LogP contribution < -0.4 is 4.74 Å². The Hall–Kier alpha value is -0.750. The Morgan fingerprint density at radius 3 is 2.13 bits per heavy atom. The van der Waals surface area contributed by atoms with E-state index in [1.807, 2.05) is 0 Å². The van der Waals surface area contributed by atoms with Gasteiger partial charge in [0.2, 0.25) is 0 Å². The minimum Gasteiger partial charge on any atom is -0.748 e. The highest BCUT2D eigenvalue weighted by atomic mass is 79.9. The third-order valence-corrected chi connectivity index (χ3v) is 4.40. The average Bonchev–Trinajstić information content (AvgIpc) is 2.39. The van der Waals surface area contributed by atoms with Gasteiger partial charge in [0.25, 0.3) is 0 Å². The summed E-state index contributed by atoms with van der Waals surface area (Å²) in [5.74, 6) is -2.44. The molecule has 1 aromatic carbocycles. The molecule has 1 rings (SSSR count). The highest BCUT2D eigenvalue weighted by Gasteiger charge is 2.11. The molecule has 0 spiro atoms. The lowest BCUT2D eigenvalue weighted by molar-refractivity contribution is -0.137. The second-order valence-electron chi connectivity index (χ2n) is 3.88. The number of benzene rings is 1. The third-order valence-electron chi connectivity index (χ3n) is 2.10. The first-order valence-electron chi connectivity index (χ1n) is 5.73. The molecule has 0 aromatic heterocycles. The second kappa shape index (κ2) is 8.92. The summed E-state index contributed by atoms with van der Waals surface area (Å²) < 4.78 is 42.2. The molecule has 1 aromatic rings. The Morgan fingerprint density at radius 2 is 1.61 bits per heavy atom. The van der Waals surface area contributed by atoms with Crippen LogP contribution in [0.5, 0.6) is 5.75 Å². The van der Waals surface area contributed by atoms with Crippen molar-refractivity contribution >= 4 is 69.8 Å². The van der Waals surface area contributed by atoms with Crippen molar-refractivity contribution < 1.29 is 32.0 Å². The Morgan fingerprint density at radius 1 is 1.09 bits per heavy atom. The van der Waals surface area contributed by atoms with Gasteiger partial charge in [0.05, 0.1) is 24.8 Å². The number of carbonyl (C=O) groups excluding carboxylic acids is 2. The lowest BCUT2D eigenvalue weighted by Gasteiger charge is -2.07. The van der Waals surface area contributed by atoms with Crippen LogP contribution in [0.1, 0.15) is 0 Å². The first-order chi connectivity index (χ1) is 10.6. The SMILES string of the molecule is O=C(/C=C\C(=O)Oc1c(Br)cc(Br)cc1Br)OCCS(=O)(=O)[O-]. The normalized spacial score (nSPS) is 11.5. The third kappa shape index (κ3) is 8.06. The summed E-state index contributed by atoms with van der Waals surface area (Å²) >= 11 is 9.70. The van der Waals surface area contributed by atoms with Crippen LogP contribution in [0.15, 0.2) is 37.7 Å². The molecule has 0 aliphatic rings. The summed E-state index contributed by atoms with van der Waals surface area (Å²) in [5, 5.41) is 0. The van der Waals surface area contributed by atoms with Crippen molar-refractivity contribution in [3.8, 4) is 5.75 Å². The van der Waals surface area contributed by atoms with E-state index < -0.39 is 34.4 Å². The molecule has 0 bridgehead atoms. The molecule has 0 saturated carbocycles. The fourth-order valence-electron chi connectivity index (χ4n) is 1.19. The molecule has 0 heterocycles. The maximum absolute atomic E-state index is 11.6. The maximum Gasteiger partial charge on any atom is 0.336 e. The second-order valence-corrected chi connectivity index (χ2v) is 8.03. The largest absolute Gasteiger partial charge is 0.748 e. The lowest BCUT2D eigenvalue weighted by Crippen LogP contribution is -2.14. The number of halogens is 3. The van der Waals surface area contributed by atoms with Gasteiger partial charge >= 0.3 is 11.9 Å². The summed E-state index contributed by atoms with van der Waals surface area (Å²) in [4.78, 5) is 22.8. The minimum atomic E-state index is -4.46. The van der Waals surface area contributed by atoms with E-state index >= 15 is 0 Å². The summed E-state index contributed by atoms with van der Waals surface area (Å²) in [6, 6.07) is 3.32. The average molecular weight is 536 g/mol.